The van der Waals surface area contributed by atoms with Crippen molar-refractivity contribution in [3.8, 4) is 5.75 Å². The van der Waals surface area contributed by atoms with Gasteiger partial charge in [0.05, 0.1) is 5.71 Å². The summed E-state index contributed by atoms with van der Waals surface area (Å²) < 4.78 is 5.95. The smallest absolute Gasteiger partial charge is 0.335 e. The Kier molecular flexibility index (Phi) is 7.19. The van der Waals surface area contributed by atoms with Gasteiger partial charge in [-0.3, -0.25) is 5.01 Å². The summed E-state index contributed by atoms with van der Waals surface area (Å²) in [5.74, 6) is 6.22. The summed E-state index contributed by atoms with van der Waals surface area (Å²) in [5, 5.41) is 7.80. The first kappa shape index (κ1) is 20.3. The Morgan fingerprint density at radius 2 is 2.00 bits per heavy atom. The number of nitrogens with zero attached hydrogens (tertiary/aromatic N) is 2. The number of oxime groups is 1. The van der Waals surface area contributed by atoms with E-state index in [0.29, 0.717) is 18.9 Å². The summed E-state index contributed by atoms with van der Waals surface area (Å²) in [7, 11) is 1.48. The van der Waals surface area contributed by atoms with Crippen molar-refractivity contribution in [1.82, 2.24) is 5.01 Å². The summed E-state index contributed by atoms with van der Waals surface area (Å²) in [6, 6.07) is 12.9. The molecule has 3 N–H and O–H groups in total. The van der Waals surface area contributed by atoms with Crippen molar-refractivity contribution < 1.29 is 14.4 Å². The molecule has 144 valence electrons. The maximum Gasteiger partial charge on any atom is 0.335 e. The zero-order valence-corrected chi connectivity index (χ0v) is 16.2. The minimum atomic E-state index is -0.396. The SMILES string of the molecule is CCON=C(C)c1ccc(OCc2ccccc2NC(=O)N(C)N)c(C)c1. The molecule has 0 saturated heterocycles. The normalized spacial score (nSPS) is 11.1. The van der Waals surface area contributed by atoms with Crippen LogP contribution in [0.3, 0.4) is 0 Å². The summed E-state index contributed by atoms with van der Waals surface area (Å²) in [6.07, 6.45) is 0. The maximum absolute atomic E-state index is 11.8. The molecule has 2 amide bonds. The van der Waals surface area contributed by atoms with E-state index in [2.05, 4.69) is 10.5 Å². The van der Waals surface area contributed by atoms with Gasteiger partial charge >= 0.3 is 6.03 Å². The highest BCUT2D eigenvalue weighted by Crippen LogP contribution is 2.23. The highest BCUT2D eigenvalue weighted by molar-refractivity contribution is 5.98. The second-order valence-corrected chi connectivity index (χ2v) is 6.06. The van der Waals surface area contributed by atoms with Gasteiger partial charge in [-0.2, -0.15) is 0 Å². The van der Waals surface area contributed by atoms with Crippen molar-refractivity contribution in [3.05, 3.63) is 59.2 Å². The molecule has 0 bridgehead atoms. The van der Waals surface area contributed by atoms with Gasteiger partial charge in [0.1, 0.15) is 19.0 Å². The zero-order valence-electron chi connectivity index (χ0n) is 16.2. The summed E-state index contributed by atoms with van der Waals surface area (Å²) >= 11 is 0. The molecule has 0 aliphatic heterocycles. The van der Waals surface area contributed by atoms with E-state index in [0.717, 1.165) is 33.2 Å². The average molecular weight is 370 g/mol. The van der Waals surface area contributed by atoms with Crippen molar-refractivity contribution >= 4 is 17.4 Å². The minimum absolute atomic E-state index is 0.316. The summed E-state index contributed by atoms with van der Waals surface area (Å²) in [4.78, 5) is 16.9. The van der Waals surface area contributed by atoms with Crippen LogP contribution >= 0.6 is 0 Å². The van der Waals surface area contributed by atoms with Crippen molar-refractivity contribution in [2.45, 2.75) is 27.4 Å². The summed E-state index contributed by atoms with van der Waals surface area (Å²) in [6.45, 7) is 6.62. The van der Waals surface area contributed by atoms with E-state index >= 15 is 0 Å². The second-order valence-electron chi connectivity index (χ2n) is 6.06. The molecule has 0 spiro atoms. The first-order valence-corrected chi connectivity index (χ1v) is 8.70. The Balaban J connectivity index is 2.10. The van der Waals surface area contributed by atoms with Gasteiger partial charge < -0.3 is 14.9 Å². The lowest BCUT2D eigenvalue weighted by Crippen LogP contribution is -2.37. The molecule has 0 fully saturated rings. The van der Waals surface area contributed by atoms with E-state index in [1.165, 1.54) is 7.05 Å². The molecule has 0 aliphatic carbocycles. The lowest BCUT2D eigenvalue weighted by Gasteiger charge is -2.16. The number of amides is 2. The molecule has 0 unspecified atom stereocenters. The van der Waals surface area contributed by atoms with Crippen molar-refractivity contribution in [1.29, 1.82) is 0 Å². The number of nitrogens with one attached hydrogen (secondary N) is 1. The third kappa shape index (κ3) is 5.72. The number of hydrazine groups is 1. The fraction of sp³-hybridized carbons (Fsp3) is 0.300. The molecule has 2 aromatic rings. The Labute approximate surface area is 159 Å². The molecular weight excluding hydrogens is 344 g/mol. The van der Waals surface area contributed by atoms with Crippen LogP contribution in [0.1, 0.15) is 30.5 Å². The van der Waals surface area contributed by atoms with Gasteiger partial charge in [-0.25, -0.2) is 10.6 Å². The largest absolute Gasteiger partial charge is 0.489 e. The number of hydrogen-bond acceptors (Lipinski definition) is 5. The average Bonchev–Trinajstić information content (AvgIpc) is 2.65. The number of hydrogen-bond donors (Lipinski definition) is 2. The molecule has 0 aromatic heterocycles. The molecule has 0 saturated carbocycles. The first-order valence-electron chi connectivity index (χ1n) is 8.70. The second kappa shape index (κ2) is 9.59. The van der Waals surface area contributed by atoms with Gasteiger partial charge in [0.2, 0.25) is 0 Å². The van der Waals surface area contributed by atoms with Crippen LogP contribution in [0.15, 0.2) is 47.6 Å². The monoisotopic (exact) mass is 370 g/mol. The number of carbonyl (C=O) groups is 1. The Bertz CT molecular complexity index is 819. The Morgan fingerprint density at radius 1 is 1.26 bits per heavy atom. The molecule has 7 nitrogen and oxygen atoms in total. The standard InChI is InChI=1S/C20H26N4O3/c1-5-27-23-15(3)16-10-11-19(14(2)12-16)26-13-17-8-6-7-9-18(17)22-20(25)24(4)21/h6-12H,5,13,21H2,1-4H3,(H,22,25). The molecule has 2 rings (SSSR count). The number of para-hydroxylation sites is 1. The number of rotatable bonds is 7. The zero-order chi connectivity index (χ0) is 19.8. The predicted octanol–water partition coefficient (Wildman–Crippen LogP) is 3.67. The summed E-state index contributed by atoms with van der Waals surface area (Å²) in [5.41, 5.74) is 4.29. The Morgan fingerprint density at radius 3 is 2.67 bits per heavy atom. The molecule has 0 atom stereocenters. The van der Waals surface area contributed by atoms with Crippen molar-refractivity contribution in [2.24, 2.45) is 11.0 Å². The Hall–Kier alpha value is -3.06. The topological polar surface area (TPSA) is 89.2 Å². The van der Waals surface area contributed by atoms with E-state index in [1.54, 1.807) is 0 Å². The number of nitrogens with two attached hydrogens (primary N) is 1. The van der Waals surface area contributed by atoms with Crippen molar-refractivity contribution in [3.63, 3.8) is 0 Å². The predicted molar refractivity (Wildman–Crippen MR) is 107 cm³/mol. The van der Waals surface area contributed by atoms with Crippen LogP contribution < -0.4 is 15.9 Å². The first-order chi connectivity index (χ1) is 12.9. The van der Waals surface area contributed by atoms with Gasteiger partial charge in [0, 0.05) is 18.3 Å². The van der Waals surface area contributed by atoms with E-state index in [4.69, 9.17) is 15.4 Å². The number of aryl methyl sites for hydroxylation is 1. The number of anilines is 1. The van der Waals surface area contributed by atoms with E-state index in [-0.39, 0.29) is 0 Å². The fourth-order valence-corrected chi connectivity index (χ4v) is 2.38. The number of ether oxygens (including phenoxy) is 1. The third-order valence-corrected chi connectivity index (χ3v) is 3.89. The number of carbonyl (C=O) groups excluding carboxylic acids is 1. The molecule has 0 heterocycles. The van der Waals surface area contributed by atoms with E-state index < -0.39 is 6.03 Å². The van der Waals surface area contributed by atoms with Gasteiger partial charge in [-0.15, -0.1) is 0 Å². The maximum atomic E-state index is 11.8. The van der Waals surface area contributed by atoms with Crippen LogP contribution in [0.5, 0.6) is 5.75 Å². The van der Waals surface area contributed by atoms with Crippen LogP contribution in [-0.2, 0) is 11.4 Å². The van der Waals surface area contributed by atoms with Crippen molar-refractivity contribution in [2.75, 3.05) is 19.0 Å². The fourth-order valence-electron chi connectivity index (χ4n) is 2.38. The molecule has 2 aromatic carbocycles. The van der Waals surface area contributed by atoms with Crippen LogP contribution in [0.25, 0.3) is 0 Å². The lowest BCUT2D eigenvalue weighted by molar-refractivity contribution is 0.159. The van der Waals surface area contributed by atoms with Gasteiger partial charge in [0.15, 0.2) is 0 Å². The van der Waals surface area contributed by atoms with Gasteiger partial charge in [-0.1, -0.05) is 23.4 Å². The quantitative estimate of drug-likeness (QED) is 0.337. The highest BCUT2D eigenvalue weighted by atomic mass is 16.6. The number of urea groups is 1. The van der Waals surface area contributed by atoms with E-state index in [1.807, 2.05) is 63.2 Å². The molecule has 0 aliphatic rings. The molecule has 7 heteroatoms. The molecule has 27 heavy (non-hydrogen) atoms. The molecule has 0 radical (unpaired) electrons. The van der Waals surface area contributed by atoms with Gasteiger partial charge in [-0.05, 0) is 56.2 Å². The lowest BCUT2D eigenvalue weighted by atomic mass is 10.1. The van der Waals surface area contributed by atoms with Gasteiger partial charge in [0.25, 0.3) is 0 Å². The van der Waals surface area contributed by atoms with Crippen LogP contribution in [0, 0.1) is 6.92 Å². The van der Waals surface area contributed by atoms with Crippen LogP contribution in [-0.4, -0.2) is 30.4 Å². The highest BCUT2D eigenvalue weighted by Gasteiger charge is 2.10. The minimum Gasteiger partial charge on any atom is -0.489 e. The third-order valence-electron chi connectivity index (χ3n) is 3.89. The van der Waals surface area contributed by atoms with E-state index in [9.17, 15) is 4.79 Å². The van der Waals surface area contributed by atoms with Crippen LogP contribution in [0.4, 0.5) is 10.5 Å². The van der Waals surface area contributed by atoms with Crippen LogP contribution in [0.2, 0.25) is 0 Å². The number of benzene rings is 2. The molecular formula is C20H26N4O3.